The van der Waals surface area contributed by atoms with Gasteiger partial charge in [0.1, 0.15) is 5.75 Å². The van der Waals surface area contributed by atoms with Gasteiger partial charge in [-0.15, -0.1) is 0 Å². The largest absolute Gasteiger partial charge is 0.494 e. The lowest BCUT2D eigenvalue weighted by molar-refractivity contribution is -0.385. The number of hydrogen-bond acceptors (Lipinski definition) is 6. The third-order valence-corrected chi connectivity index (χ3v) is 4.94. The van der Waals surface area contributed by atoms with Crippen molar-refractivity contribution in [2.45, 2.75) is 18.3 Å². The van der Waals surface area contributed by atoms with Gasteiger partial charge < -0.3 is 19.7 Å². The van der Waals surface area contributed by atoms with Gasteiger partial charge in [-0.05, 0) is 6.42 Å². The summed E-state index contributed by atoms with van der Waals surface area (Å²) in [7, 11) is 2.68. The molecule has 25 heavy (non-hydrogen) atoms. The number of ether oxygens (including phenoxy) is 2. The van der Waals surface area contributed by atoms with Crippen molar-refractivity contribution in [2.24, 2.45) is 0 Å². The molecule has 8 heteroatoms. The van der Waals surface area contributed by atoms with Crippen molar-refractivity contribution in [3.05, 3.63) is 45.5 Å². The lowest BCUT2D eigenvalue weighted by Gasteiger charge is -2.15. The third kappa shape index (κ3) is 1.93. The second kappa shape index (κ2) is 5.17. The van der Waals surface area contributed by atoms with Crippen molar-refractivity contribution in [1.82, 2.24) is 4.57 Å². The highest BCUT2D eigenvalue weighted by molar-refractivity contribution is 5.67. The smallest absolute Gasteiger partial charge is 0.314 e. The van der Waals surface area contributed by atoms with Crippen LogP contribution in [0.1, 0.15) is 29.4 Å². The Labute approximate surface area is 142 Å². The molecule has 2 N–H and O–H groups in total. The Kier molecular flexibility index (Phi) is 3.18. The Bertz CT molecular complexity index is 894. The number of nitro groups is 1. The molecule has 1 aromatic carbocycles. The van der Waals surface area contributed by atoms with Gasteiger partial charge in [0.15, 0.2) is 5.75 Å². The van der Waals surface area contributed by atoms with Crippen molar-refractivity contribution in [3.8, 4) is 28.9 Å². The summed E-state index contributed by atoms with van der Waals surface area (Å²) in [6.45, 7) is 0. The summed E-state index contributed by atoms with van der Waals surface area (Å²) in [6.07, 6.45) is 4.88. The first-order chi connectivity index (χ1) is 12.0. The molecule has 0 saturated carbocycles. The second-order valence-corrected chi connectivity index (χ2v) is 6.10. The number of fused-ring (bicyclic) bond motifs is 5. The van der Waals surface area contributed by atoms with E-state index in [1.54, 1.807) is 0 Å². The molecule has 0 aliphatic heterocycles. The summed E-state index contributed by atoms with van der Waals surface area (Å²) in [4.78, 5) is 10.6. The molecule has 4 rings (SSSR count). The number of methoxy groups -OCH3 is 2. The van der Waals surface area contributed by atoms with E-state index in [-0.39, 0.29) is 46.5 Å². The van der Waals surface area contributed by atoms with E-state index in [4.69, 9.17) is 9.47 Å². The first-order valence-corrected chi connectivity index (χ1v) is 7.73. The summed E-state index contributed by atoms with van der Waals surface area (Å²) in [5.74, 6) is 0.120. The minimum Gasteiger partial charge on any atom is -0.494 e. The van der Waals surface area contributed by atoms with Gasteiger partial charge in [-0.25, -0.2) is 4.57 Å². The van der Waals surface area contributed by atoms with Crippen molar-refractivity contribution < 1.29 is 24.6 Å². The third-order valence-electron chi connectivity index (χ3n) is 4.94. The predicted molar refractivity (Wildman–Crippen MR) is 88.1 cm³/mol. The highest BCUT2D eigenvalue weighted by Crippen LogP contribution is 2.57. The van der Waals surface area contributed by atoms with E-state index in [1.807, 2.05) is 12.2 Å². The molecule has 2 aliphatic rings. The average Bonchev–Trinajstić information content (AvgIpc) is 3.27. The molecule has 0 saturated heterocycles. The number of nitrogens with zero attached hydrogens (tertiary/aromatic N) is 2. The second-order valence-electron chi connectivity index (χ2n) is 6.10. The zero-order chi connectivity index (χ0) is 17.9. The average molecular weight is 344 g/mol. The monoisotopic (exact) mass is 344 g/mol. The number of benzene rings is 1. The van der Waals surface area contributed by atoms with Crippen LogP contribution in [0.4, 0.5) is 5.69 Å². The van der Waals surface area contributed by atoms with Crippen LogP contribution in [-0.2, 0) is 0 Å². The fraction of sp³-hybridized carbons (Fsp3) is 0.294. The molecule has 1 heterocycles. The molecule has 0 radical (unpaired) electrons. The first kappa shape index (κ1) is 15.4. The molecule has 2 aliphatic carbocycles. The van der Waals surface area contributed by atoms with Crippen LogP contribution in [0.25, 0.3) is 5.69 Å². The van der Waals surface area contributed by atoms with Crippen molar-refractivity contribution in [2.75, 3.05) is 14.2 Å². The van der Waals surface area contributed by atoms with Crippen molar-refractivity contribution in [1.29, 1.82) is 0 Å². The van der Waals surface area contributed by atoms with Crippen molar-refractivity contribution >= 4 is 5.69 Å². The fourth-order valence-corrected chi connectivity index (χ4v) is 3.85. The summed E-state index contributed by atoms with van der Waals surface area (Å²) < 4.78 is 11.6. The van der Waals surface area contributed by atoms with Crippen LogP contribution >= 0.6 is 0 Å². The van der Waals surface area contributed by atoms with E-state index in [9.17, 15) is 20.3 Å². The van der Waals surface area contributed by atoms with Crippen LogP contribution in [-0.4, -0.2) is 33.9 Å². The molecule has 8 nitrogen and oxygen atoms in total. The molecule has 2 aromatic rings. The predicted octanol–water partition coefficient (Wildman–Crippen LogP) is 2.95. The summed E-state index contributed by atoms with van der Waals surface area (Å²) in [5.41, 5.74) is 1.41. The quantitative estimate of drug-likeness (QED) is 0.502. The van der Waals surface area contributed by atoms with Gasteiger partial charge in [0.25, 0.3) is 0 Å². The standard InChI is InChI=1S/C17H16N2O6/c1-24-12-7-11(19(22)23)13(25-2)6-10(12)18-16(20)14-8-3-4-9(5-8)15(14)17(18)21/h3-4,6-9,20-21H,5H2,1-2H3/t8-,9+. The van der Waals surface area contributed by atoms with Crippen LogP contribution in [0.2, 0.25) is 0 Å². The Hall–Kier alpha value is -3.16. The molecular weight excluding hydrogens is 328 g/mol. The maximum absolute atomic E-state index is 11.2. The Balaban J connectivity index is 1.96. The highest BCUT2D eigenvalue weighted by atomic mass is 16.6. The van der Waals surface area contributed by atoms with Crippen LogP contribution in [0.5, 0.6) is 23.3 Å². The van der Waals surface area contributed by atoms with E-state index in [2.05, 4.69) is 0 Å². The van der Waals surface area contributed by atoms with E-state index >= 15 is 0 Å². The maximum atomic E-state index is 11.2. The maximum Gasteiger partial charge on any atom is 0.314 e. The van der Waals surface area contributed by atoms with E-state index < -0.39 is 4.92 Å². The van der Waals surface area contributed by atoms with Gasteiger partial charge in [0.2, 0.25) is 11.8 Å². The highest BCUT2D eigenvalue weighted by Gasteiger charge is 2.41. The summed E-state index contributed by atoms with van der Waals surface area (Å²) in [5, 5.41) is 32.6. The summed E-state index contributed by atoms with van der Waals surface area (Å²) in [6, 6.07) is 2.59. The van der Waals surface area contributed by atoms with Crippen LogP contribution < -0.4 is 9.47 Å². The van der Waals surface area contributed by atoms with Gasteiger partial charge in [-0.3, -0.25) is 10.1 Å². The lowest BCUT2D eigenvalue weighted by Crippen LogP contribution is -2.02. The minimum atomic E-state index is -0.579. The number of nitro benzene ring substituents is 1. The van der Waals surface area contributed by atoms with Crippen LogP contribution in [0.15, 0.2) is 24.3 Å². The Morgan fingerprint density at radius 3 is 2.12 bits per heavy atom. The summed E-state index contributed by atoms with van der Waals surface area (Å²) >= 11 is 0. The molecule has 2 atom stereocenters. The zero-order valence-corrected chi connectivity index (χ0v) is 13.6. The van der Waals surface area contributed by atoms with Crippen molar-refractivity contribution in [3.63, 3.8) is 0 Å². The normalized spacial score (nSPS) is 19.9. The van der Waals surface area contributed by atoms with Gasteiger partial charge >= 0.3 is 5.69 Å². The number of aromatic nitrogens is 1. The Morgan fingerprint density at radius 1 is 1.08 bits per heavy atom. The molecule has 0 unspecified atom stereocenters. The molecule has 130 valence electrons. The number of allylic oxidation sites excluding steroid dienone is 2. The molecular formula is C17H16N2O6. The number of hydrogen-bond donors (Lipinski definition) is 2. The van der Waals surface area contributed by atoms with E-state index in [0.29, 0.717) is 11.1 Å². The van der Waals surface area contributed by atoms with Gasteiger partial charge in [-0.1, -0.05) is 12.2 Å². The molecule has 1 aromatic heterocycles. The van der Waals surface area contributed by atoms with E-state index in [0.717, 1.165) is 6.42 Å². The SMILES string of the molecule is COc1cc([N+](=O)[O-])c(OC)cc1-n1c(O)c2c(c1O)[C@H]1C=C[C@@H]2C1. The zero-order valence-electron chi connectivity index (χ0n) is 13.6. The molecule has 0 spiro atoms. The van der Waals surface area contributed by atoms with Gasteiger partial charge in [0, 0.05) is 29.0 Å². The number of rotatable bonds is 4. The first-order valence-electron chi connectivity index (χ1n) is 7.73. The minimum absolute atomic E-state index is 0.00885. The Morgan fingerprint density at radius 2 is 1.64 bits per heavy atom. The molecule has 2 bridgehead atoms. The van der Waals surface area contributed by atoms with Crippen LogP contribution in [0, 0.1) is 10.1 Å². The van der Waals surface area contributed by atoms with Crippen LogP contribution in [0.3, 0.4) is 0 Å². The fourth-order valence-electron chi connectivity index (χ4n) is 3.85. The van der Waals surface area contributed by atoms with E-state index in [1.165, 1.54) is 30.9 Å². The topological polar surface area (TPSA) is 107 Å². The lowest BCUT2D eigenvalue weighted by atomic mass is 10.0. The molecule has 0 fully saturated rings. The molecule has 0 amide bonds. The van der Waals surface area contributed by atoms with Gasteiger partial charge in [-0.2, -0.15) is 0 Å². The number of aromatic hydroxyl groups is 2. The van der Waals surface area contributed by atoms with Gasteiger partial charge in [0.05, 0.1) is 30.9 Å².